The molecule has 30 heavy (non-hydrogen) atoms. The molecule has 0 spiro atoms. The minimum absolute atomic E-state index is 0.767. The first kappa shape index (κ1) is 18.0. The fraction of sp³-hybridized carbons (Fsp3) is 0. The van der Waals surface area contributed by atoms with Crippen molar-refractivity contribution >= 4 is 27.8 Å². The lowest BCUT2D eigenvalue weighted by molar-refractivity contribution is 1.53. The van der Waals surface area contributed by atoms with Crippen molar-refractivity contribution in [2.75, 3.05) is 11.1 Å². The number of nitrogen functional groups attached to an aromatic ring is 1. The average molecular weight is 386 g/mol. The van der Waals surface area contributed by atoms with E-state index in [2.05, 4.69) is 90.2 Å². The number of anilines is 3. The maximum Gasteiger partial charge on any atom is 0.0471 e. The second kappa shape index (κ2) is 7.76. The van der Waals surface area contributed by atoms with Crippen LogP contribution in [0.15, 0.2) is 115 Å². The largest absolute Gasteiger partial charge is 0.398 e. The zero-order valence-corrected chi connectivity index (χ0v) is 16.5. The second-order valence-corrected chi connectivity index (χ2v) is 7.34. The SMILES string of the molecule is Nc1ccc(Nc2cccc3ccccc23)c(-c2ccccc2)c1-c1ccccc1. The lowest BCUT2D eigenvalue weighted by Crippen LogP contribution is -2.00. The summed E-state index contributed by atoms with van der Waals surface area (Å²) in [5.74, 6) is 0. The topological polar surface area (TPSA) is 38.0 Å². The molecule has 0 aliphatic heterocycles. The van der Waals surface area contributed by atoms with Crippen molar-refractivity contribution in [1.29, 1.82) is 0 Å². The quantitative estimate of drug-likeness (QED) is 0.314. The van der Waals surface area contributed by atoms with Gasteiger partial charge in [0.2, 0.25) is 0 Å². The Morgan fingerprint density at radius 1 is 0.467 bits per heavy atom. The smallest absolute Gasteiger partial charge is 0.0471 e. The molecule has 0 saturated carbocycles. The fourth-order valence-electron chi connectivity index (χ4n) is 4.02. The van der Waals surface area contributed by atoms with Crippen LogP contribution in [-0.2, 0) is 0 Å². The van der Waals surface area contributed by atoms with E-state index in [0.29, 0.717) is 0 Å². The molecular formula is C28H22N2. The molecule has 0 aromatic heterocycles. The highest BCUT2D eigenvalue weighted by Crippen LogP contribution is 2.43. The Hall–Kier alpha value is -4.04. The second-order valence-electron chi connectivity index (χ2n) is 7.34. The zero-order chi connectivity index (χ0) is 20.3. The van der Waals surface area contributed by atoms with Crippen LogP contribution in [0.2, 0.25) is 0 Å². The average Bonchev–Trinajstić information content (AvgIpc) is 2.81. The summed E-state index contributed by atoms with van der Waals surface area (Å²) >= 11 is 0. The van der Waals surface area contributed by atoms with Gasteiger partial charge >= 0.3 is 0 Å². The van der Waals surface area contributed by atoms with Gasteiger partial charge in [0, 0.05) is 33.6 Å². The molecule has 144 valence electrons. The van der Waals surface area contributed by atoms with Gasteiger partial charge in [-0.3, -0.25) is 0 Å². The van der Waals surface area contributed by atoms with Crippen LogP contribution in [0.25, 0.3) is 33.0 Å². The Labute approximate surface area is 176 Å². The van der Waals surface area contributed by atoms with Gasteiger partial charge in [0.1, 0.15) is 0 Å². The van der Waals surface area contributed by atoms with E-state index >= 15 is 0 Å². The van der Waals surface area contributed by atoms with Gasteiger partial charge in [-0.15, -0.1) is 0 Å². The molecule has 2 nitrogen and oxygen atoms in total. The maximum absolute atomic E-state index is 6.52. The van der Waals surface area contributed by atoms with Crippen LogP contribution in [0.4, 0.5) is 17.1 Å². The number of nitrogens with one attached hydrogen (secondary N) is 1. The Balaban J connectivity index is 1.75. The van der Waals surface area contributed by atoms with E-state index in [1.165, 1.54) is 10.8 Å². The van der Waals surface area contributed by atoms with E-state index in [1.54, 1.807) is 0 Å². The molecule has 0 bridgehead atoms. The monoisotopic (exact) mass is 386 g/mol. The summed E-state index contributed by atoms with van der Waals surface area (Å²) in [4.78, 5) is 0. The Morgan fingerprint density at radius 3 is 1.80 bits per heavy atom. The van der Waals surface area contributed by atoms with E-state index in [-0.39, 0.29) is 0 Å². The van der Waals surface area contributed by atoms with Crippen LogP contribution in [0.5, 0.6) is 0 Å². The Bertz CT molecular complexity index is 1300. The van der Waals surface area contributed by atoms with E-state index in [9.17, 15) is 0 Å². The summed E-state index contributed by atoms with van der Waals surface area (Å²) in [6.07, 6.45) is 0. The fourth-order valence-corrected chi connectivity index (χ4v) is 4.02. The molecule has 0 unspecified atom stereocenters. The highest BCUT2D eigenvalue weighted by molar-refractivity contribution is 6.01. The van der Waals surface area contributed by atoms with Gasteiger partial charge in [0.25, 0.3) is 0 Å². The van der Waals surface area contributed by atoms with Gasteiger partial charge in [0.15, 0.2) is 0 Å². The summed E-state index contributed by atoms with van der Waals surface area (Å²) < 4.78 is 0. The molecule has 3 N–H and O–H groups in total. The number of fused-ring (bicyclic) bond motifs is 1. The van der Waals surface area contributed by atoms with Gasteiger partial charge in [-0.25, -0.2) is 0 Å². The first-order valence-electron chi connectivity index (χ1n) is 10.1. The van der Waals surface area contributed by atoms with E-state index in [1.807, 2.05) is 30.3 Å². The van der Waals surface area contributed by atoms with Crippen molar-refractivity contribution in [2.24, 2.45) is 0 Å². The normalized spacial score (nSPS) is 10.8. The summed E-state index contributed by atoms with van der Waals surface area (Å²) in [5, 5.41) is 6.10. The predicted octanol–water partition coefficient (Wildman–Crippen LogP) is 7.50. The predicted molar refractivity (Wildman–Crippen MR) is 129 cm³/mol. The molecule has 5 aromatic carbocycles. The van der Waals surface area contributed by atoms with Crippen LogP contribution >= 0.6 is 0 Å². The van der Waals surface area contributed by atoms with Crippen LogP contribution in [-0.4, -0.2) is 0 Å². The minimum atomic E-state index is 0.767. The lowest BCUT2D eigenvalue weighted by atomic mass is 9.91. The number of rotatable bonds is 4. The minimum Gasteiger partial charge on any atom is -0.398 e. The molecule has 0 aliphatic carbocycles. The molecule has 0 aliphatic rings. The summed E-state index contributed by atoms with van der Waals surface area (Å²) in [6.45, 7) is 0. The molecule has 5 rings (SSSR count). The summed E-state index contributed by atoms with van der Waals surface area (Å²) in [5.41, 5.74) is 13.8. The number of hydrogen-bond donors (Lipinski definition) is 2. The van der Waals surface area contributed by atoms with Gasteiger partial charge < -0.3 is 11.1 Å². The standard InChI is InChI=1S/C28H22N2/c29-24-18-19-26(30-25-17-9-15-20-10-7-8-16-23(20)25)28(22-13-5-2-6-14-22)27(24)21-11-3-1-4-12-21/h1-19,30H,29H2. The number of hydrogen-bond acceptors (Lipinski definition) is 2. The van der Waals surface area contributed by atoms with Gasteiger partial charge in [-0.2, -0.15) is 0 Å². The first-order chi connectivity index (χ1) is 14.8. The van der Waals surface area contributed by atoms with Gasteiger partial charge in [-0.1, -0.05) is 97.1 Å². The van der Waals surface area contributed by atoms with E-state index in [4.69, 9.17) is 5.73 Å². The summed E-state index contributed by atoms with van der Waals surface area (Å²) in [7, 11) is 0. The van der Waals surface area contributed by atoms with Crippen LogP contribution in [0.1, 0.15) is 0 Å². The van der Waals surface area contributed by atoms with Crippen molar-refractivity contribution in [1.82, 2.24) is 0 Å². The van der Waals surface area contributed by atoms with Gasteiger partial charge in [0.05, 0.1) is 0 Å². The molecule has 0 fully saturated rings. The molecule has 0 saturated heterocycles. The highest BCUT2D eigenvalue weighted by atomic mass is 14.9. The zero-order valence-electron chi connectivity index (χ0n) is 16.5. The third kappa shape index (κ3) is 3.29. The lowest BCUT2D eigenvalue weighted by Gasteiger charge is -2.20. The van der Waals surface area contributed by atoms with Crippen LogP contribution < -0.4 is 11.1 Å². The molecule has 2 heteroatoms. The number of benzene rings is 5. The van der Waals surface area contributed by atoms with Crippen LogP contribution in [0, 0.1) is 0 Å². The molecule has 0 radical (unpaired) electrons. The highest BCUT2D eigenvalue weighted by Gasteiger charge is 2.16. The van der Waals surface area contributed by atoms with E-state index < -0.39 is 0 Å². The molecule has 5 aromatic rings. The third-order valence-corrected chi connectivity index (χ3v) is 5.42. The van der Waals surface area contributed by atoms with Crippen molar-refractivity contribution in [2.45, 2.75) is 0 Å². The van der Waals surface area contributed by atoms with Crippen molar-refractivity contribution < 1.29 is 0 Å². The molecule has 0 heterocycles. The Morgan fingerprint density at radius 2 is 1.07 bits per heavy atom. The maximum atomic E-state index is 6.52. The third-order valence-electron chi connectivity index (χ3n) is 5.42. The Kier molecular flexibility index (Phi) is 4.66. The van der Waals surface area contributed by atoms with Crippen molar-refractivity contribution in [3.8, 4) is 22.3 Å². The first-order valence-corrected chi connectivity index (χ1v) is 10.1. The van der Waals surface area contributed by atoms with Crippen molar-refractivity contribution in [3.63, 3.8) is 0 Å². The van der Waals surface area contributed by atoms with Crippen LogP contribution in [0.3, 0.4) is 0 Å². The molecule has 0 amide bonds. The van der Waals surface area contributed by atoms with Crippen molar-refractivity contribution in [3.05, 3.63) is 115 Å². The molecular weight excluding hydrogens is 364 g/mol. The number of nitrogens with two attached hydrogens (primary N) is 1. The summed E-state index contributed by atoms with van der Waals surface area (Å²) in [6, 6.07) is 39.6. The van der Waals surface area contributed by atoms with E-state index in [0.717, 1.165) is 39.3 Å². The molecule has 0 atom stereocenters. The van der Waals surface area contributed by atoms with Gasteiger partial charge in [-0.05, 0) is 34.7 Å².